The van der Waals surface area contributed by atoms with E-state index in [1.807, 2.05) is 0 Å². The Labute approximate surface area is 178 Å². The Morgan fingerprint density at radius 1 is 1.00 bits per heavy atom. The molecule has 0 bridgehead atoms. The van der Waals surface area contributed by atoms with Crippen molar-refractivity contribution in [1.82, 2.24) is 10.0 Å². The van der Waals surface area contributed by atoms with Gasteiger partial charge in [-0.15, -0.1) is 0 Å². The Hall–Kier alpha value is -2.92. The highest BCUT2D eigenvalue weighted by Crippen LogP contribution is 2.30. The van der Waals surface area contributed by atoms with Crippen molar-refractivity contribution in [2.75, 3.05) is 18.4 Å². The molecular formula is C20H22F3N3O4S. The number of carbonyl (C=O) groups is 2. The Balaban J connectivity index is 1.88. The van der Waals surface area contributed by atoms with E-state index in [0.717, 1.165) is 18.2 Å². The Kier molecular flexibility index (Phi) is 7.80. The molecule has 0 saturated heterocycles. The maximum Gasteiger partial charge on any atom is 0.416 e. The summed E-state index contributed by atoms with van der Waals surface area (Å²) in [6.07, 6.45) is -4.66. The fourth-order valence-corrected chi connectivity index (χ4v) is 3.46. The van der Waals surface area contributed by atoms with Crippen LogP contribution in [0.3, 0.4) is 0 Å². The summed E-state index contributed by atoms with van der Waals surface area (Å²) in [5, 5.41) is 5.19. The van der Waals surface area contributed by atoms with Gasteiger partial charge >= 0.3 is 6.18 Å². The molecule has 0 atom stereocenters. The monoisotopic (exact) mass is 457 g/mol. The van der Waals surface area contributed by atoms with Crippen LogP contribution in [-0.4, -0.2) is 33.3 Å². The lowest BCUT2D eigenvalue weighted by Gasteiger charge is -2.11. The van der Waals surface area contributed by atoms with E-state index in [4.69, 9.17) is 0 Å². The van der Waals surface area contributed by atoms with Crippen molar-refractivity contribution >= 4 is 27.5 Å². The molecule has 168 valence electrons. The Morgan fingerprint density at radius 2 is 1.65 bits per heavy atom. The molecule has 0 spiro atoms. The molecule has 2 aromatic rings. The van der Waals surface area contributed by atoms with Crippen molar-refractivity contribution < 1.29 is 31.2 Å². The summed E-state index contributed by atoms with van der Waals surface area (Å²) in [5.74, 6) is -0.826. The van der Waals surface area contributed by atoms with Crippen molar-refractivity contribution in [3.05, 3.63) is 59.7 Å². The number of hydrogen-bond donors (Lipinski definition) is 3. The predicted octanol–water partition coefficient (Wildman–Crippen LogP) is 3.01. The lowest BCUT2D eigenvalue weighted by atomic mass is 10.1. The van der Waals surface area contributed by atoms with Crippen molar-refractivity contribution in [1.29, 1.82) is 0 Å². The molecule has 11 heteroatoms. The van der Waals surface area contributed by atoms with E-state index in [2.05, 4.69) is 15.4 Å². The van der Waals surface area contributed by atoms with Crippen LogP contribution in [0.2, 0.25) is 0 Å². The summed E-state index contributed by atoms with van der Waals surface area (Å²) in [5.41, 5.74) is -0.246. The minimum absolute atomic E-state index is 0.0805. The SMILES string of the molecule is CC(C)C(=O)Nc1ccc(C(=O)NCCNS(=O)(=O)c2cccc(C(F)(F)F)c2)cc1. The molecule has 7 nitrogen and oxygen atoms in total. The molecule has 0 aliphatic carbocycles. The highest BCUT2D eigenvalue weighted by molar-refractivity contribution is 7.89. The van der Waals surface area contributed by atoms with E-state index in [-0.39, 0.29) is 24.9 Å². The Bertz CT molecular complexity index is 1040. The van der Waals surface area contributed by atoms with Gasteiger partial charge in [-0.05, 0) is 42.5 Å². The fourth-order valence-electron chi connectivity index (χ4n) is 2.38. The molecular weight excluding hydrogens is 435 g/mol. The molecule has 2 aromatic carbocycles. The van der Waals surface area contributed by atoms with Gasteiger partial charge in [0.2, 0.25) is 15.9 Å². The van der Waals surface area contributed by atoms with Crippen molar-refractivity contribution in [3.63, 3.8) is 0 Å². The second kappa shape index (κ2) is 9.92. The highest BCUT2D eigenvalue weighted by Gasteiger charge is 2.31. The molecule has 2 rings (SSSR count). The Morgan fingerprint density at radius 3 is 2.23 bits per heavy atom. The second-order valence-corrected chi connectivity index (χ2v) is 8.67. The number of halogens is 3. The molecule has 0 fully saturated rings. The van der Waals surface area contributed by atoms with E-state index >= 15 is 0 Å². The van der Waals surface area contributed by atoms with Crippen LogP contribution in [0.1, 0.15) is 29.8 Å². The lowest BCUT2D eigenvalue weighted by Crippen LogP contribution is -2.34. The first-order valence-corrected chi connectivity index (χ1v) is 10.7. The van der Waals surface area contributed by atoms with Crippen molar-refractivity contribution in [3.8, 4) is 0 Å². The third-order valence-electron chi connectivity index (χ3n) is 4.11. The number of hydrogen-bond acceptors (Lipinski definition) is 4. The van der Waals surface area contributed by atoms with Gasteiger partial charge in [-0.25, -0.2) is 13.1 Å². The van der Waals surface area contributed by atoms with E-state index in [9.17, 15) is 31.2 Å². The number of amides is 2. The van der Waals surface area contributed by atoms with Gasteiger partial charge in [0.05, 0.1) is 10.5 Å². The molecule has 0 saturated carbocycles. The molecule has 0 radical (unpaired) electrons. The van der Waals surface area contributed by atoms with Gasteiger partial charge in [-0.2, -0.15) is 13.2 Å². The lowest BCUT2D eigenvalue weighted by molar-refractivity contribution is -0.137. The van der Waals surface area contributed by atoms with Crippen LogP contribution in [0.25, 0.3) is 0 Å². The second-order valence-electron chi connectivity index (χ2n) is 6.90. The first-order chi connectivity index (χ1) is 14.4. The molecule has 0 aliphatic heterocycles. The first-order valence-electron chi connectivity index (χ1n) is 9.26. The first kappa shape index (κ1) is 24.4. The van der Waals surface area contributed by atoms with E-state index in [1.165, 1.54) is 12.1 Å². The van der Waals surface area contributed by atoms with E-state index in [1.54, 1.807) is 26.0 Å². The number of alkyl halides is 3. The average Bonchev–Trinajstić information content (AvgIpc) is 2.71. The van der Waals surface area contributed by atoms with Gasteiger partial charge in [0.25, 0.3) is 5.91 Å². The van der Waals surface area contributed by atoms with Gasteiger partial charge in [0.15, 0.2) is 0 Å². The number of carbonyl (C=O) groups excluding carboxylic acids is 2. The maximum absolute atomic E-state index is 12.8. The van der Waals surface area contributed by atoms with Crippen molar-refractivity contribution in [2.45, 2.75) is 24.9 Å². The van der Waals surface area contributed by atoms with Crippen LogP contribution in [0.4, 0.5) is 18.9 Å². The predicted molar refractivity (Wildman–Crippen MR) is 109 cm³/mol. The van der Waals surface area contributed by atoms with Crippen LogP contribution in [0.5, 0.6) is 0 Å². The topological polar surface area (TPSA) is 104 Å². The van der Waals surface area contributed by atoms with Gasteiger partial charge < -0.3 is 10.6 Å². The summed E-state index contributed by atoms with van der Waals surface area (Å²) in [6, 6.07) is 9.49. The standard InChI is InChI=1S/C20H22F3N3O4S/c1-13(2)18(27)26-16-8-6-14(7-9-16)19(28)24-10-11-25-31(29,30)17-5-3-4-15(12-17)20(21,22)23/h3-9,12-13,25H,10-11H2,1-2H3,(H,24,28)(H,26,27). The van der Waals surface area contributed by atoms with Crippen LogP contribution in [-0.2, 0) is 21.0 Å². The average molecular weight is 457 g/mol. The molecule has 31 heavy (non-hydrogen) atoms. The van der Waals surface area contributed by atoms with E-state index < -0.39 is 32.6 Å². The normalized spacial score (nSPS) is 11.9. The van der Waals surface area contributed by atoms with Crippen LogP contribution in [0, 0.1) is 5.92 Å². The summed E-state index contributed by atoms with van der Waals surface area (Å²) in [4.78, 5) is 23.3. The largest absolute Gasteiger partial charge is 0.416 e. The van der Waals surface area contributed by atoms with E-state index in [0.29, 0.717) is 17.3 Å². The van der Waals surface area contributed by atoms with Crippen LogP contribution >= 0.6 is 0 Å². The third kappa shape index (κ3) is 7.07. The minimum Gasteiger partial charge on any atom is -0.351 e. The van der Waals surface area contributed by atoms with Gasteiger partial charge in [-0.1, -0.05) is 19.9 Å². The summed E-state index contributed by atoms with van der Waals surface area (Å²) in [7, 11) is -4.17. The van der Waals surface area contributed by atoms with Gasteiger partial charge in [-0.3, -0.25) is 9.59 Å². The maximum atomic E-state index is 12.8. The smallest absolute Gasteiger partial charge is 0.351 e. The van der Waals surface area contributed by atoms with Crippen LogP contribution in [0.15, 0.2) is 53.4 Å². The number of anilines is 1. The highest BCUT2D eigenvalue weighted by atomic mass is 32.2. The van der Waals surface area contributed by atoms with Gasteiger partial charge in [0.1, 0.15) is 0 Å². The number of sulfonamides is 1. The molecule has 0 aliphatic rings. The summed E-state index contributed by atoms with van der Waals surface area (Å²) >= 11 is 0. The summed E-state index contributed by atoms with van der Waals surface area (Å²) in [6.45, 7) is 3.20. The summed E-state index contributed by atoms with van der Waals surface area (Å²) < 4.78 is 64.7. The van der Waals surface area contributed by atoms with Crippen molar-refractivity contribution in [2.24, 2.45) is 5.92 Å². The third-order valence-corrected chi connectivity index (χ3v) is 5.57. The molecule has 0 unspecified atom stereocenters. The quantitative estimate of drug-likeness (QED) is 0.530. The minimum atomic E-state index is -4.66. The zero-order valence-electron chi connectivity index (χ0n) is 16.8. The van der Waals surface area contributed by atoms with Crippen LogP contribution < -0.4 is 15.4 Å². The zero-order chi connectivity index (χ0) is 23.2. The number of rotatable bonds is 8. The molecule has 0 heterocycles. The van der Waals surface area contributed by atoms with Gasteiger partial charge in [0, 0.05) is 30.3 Å². The number of nitrogens with one attached hydrogen (secondary N) is 3. The molecule has 0 aromatic heterocycles. The molecule has 3 N–H and O–H groups in total. The number of benzene rings is 2. The fraction of sp³-hybridized carbons (Fsp3) is 0.300. The zero-order valence-corrected chi connectivity index (χ0v) is 17.6. The molecule has 2 amide bonds.